The molecule has 0 bridgehead atoms. The molecule has 33 heavy (non-hydrogen) atoms. The summed E-state index contributed by atoms with van der Waals surface area (Å²) in [6.07, 6.45) is 7.67. The predicted molar refractivity (Wildman–Crippen MR) is 118 cm³/mol. The van der Waals surface area contributed by atoms with E-state index in [1.807, 2.05) is 18.2 Å². The fraction of sp³-hybridized carbons (Fsp3) is 0.348. The lowest BCUT2D eigenvalue weighted by Gasteiger charge is -2.30. The molecule has 5 heterocycles. The van der Waals surface area contributed by atoms with Crippen molar-refractivity contribution in [3.63, 3.8) is 0 Å². The SMILES string of the molecule is O=C(c1ccno1)N1CCc2cccc(OC[C@H]3CCCN3c3ccnc4ncnn34)c2C1. The van der Waals surface area contributed by atoms with E-state index in [-0.39, 0.29) is 17.7 Å². The van der Waals surface area contributed by atoms with E-state index in [0.29, 0.717) is 25.5 Å². The lowest BCUT2D eigenvalue weighted by molar-refractivity contribution is 0.0690. The van der Waals surface area contributed by atoms with Crippen molar-refractivity contribution in [1.82, 2.24) is 29.6 Å². The van der Waals surface area contributed by atoms with Gasteiger partial charge in [-0.15, -0.1) is 0 Å². The average molecular weight is 445 g/mol. The molecule has 1 aromatic carbocycles. The van der Waals surface area contributed by atoms with Gasteiger partial charge in [0.25, 0.3) is 11.7 Å². The third kappa shape index (κ3) is 3.57. The smallest absolute Gasteiger partial charge is 0.292 e. The van der Waals surface area contributed by atoms with Crippen LogP contribution < -0.4 is 9.64 Å². The molecule has 1 amide bonds. The van der Waals surface area contributed by atoms with Crippen molar-refractivity contribution in [3.8, 4) is 5.75 Å². The van der Waals surface area contributed by atoms with Gasteiger partial charge in [0.15, 0.2) is 0 Å². The van der Waals surface area contributed by atoms with Crippen LogP contribution >= 0.6 is 0 Å². The molecule has 0 aliphatic carbocycles. The first-order valence-electron chi connectivity index (χ1n) is 11.1. The number of benzene rings is 1. The normalized spacial score (nSPS) is 18.0. The van der Waals surface area contributed by atoms with E-state index in [1.54, 1.807) is 21.7 Å². The van der Waals surface area contributed by atoms with Gasteiger partial charge in [-0.05, 0) is 37.0 Å². The van der Waals surface area contributed by atoms with Crippen molar-refractivity contribution in [2.45, 2.75) is 31.8 Å². The summed E-state index contributed by atoms with van der Waals surface area (Å²) in [4.78, 5) is 25.3. The maximum Gasteiger partial charge on any atom is 0.292 e. The topological polar surface area (TPSA) is 102 Å². The number of nitrogens with zero attached hydrogens (tertiary/aromatic N) is 7. The summed E-state index contributed by atoms with van der Waals surface area (Å²) >= 11 is 0. The molecule has 10 heteroatoms. The number of hydrogen-bond donors (Lipinski definition) is 0. The Hall–Kier alpha value is -3.95. The Labute approximate surface area is 189 Å². The Morgan fingerprint density at radius 3 is 3.03 bits per heavy atom. The van der Waals surface area contributed by atoms with Gasteiger partial charge in [-0.3, -0.25) is 4.79 Å². The molecule has 2 aliphatic heterocycles. The molecule has 0 unspecified atom stereocenters. The molecule has 0 N–H and O–H groups in total. The molecule has 0 radical (unpaired) electrons. The molecule has 10 nitrogen and oxygen atoms in total. The highest BCUT2D eigenvalue weighted by Crippen LogP contribution is 2.31. The summed E-state index contributed by atoms with van der Waals surface area (Å²) in [5.74, 6) is 2.50. The maximum absolute atomic E-state index is 12.8. The van der Waals surface area contributed by atoms with Crippen molar-refractivity contribution in [2.75, 3.05) is 24.6 Å². The summed E-state index contributed by atoms with van der Waals surface area (Å²) in [7, 11) is 0. The number of aromatic nitrogens is 5. The number of ether oxygens (including phenoxy) is 1. The first-order valence-corrected chi connectivity index (χ1v) is 11.1. The highest BCUT2D eigenvalue weighted by molar-refractivity contribution is 5.91. The monoisotopic (exact) mass is 445 g/mol. The van der Waals surface area contributed by atoms with Gasteiger partial charge in [-0.2, -0.15) is 14.6 Å². The Kier molecular flexibility index (Phi) is 4.89. The molecule has 1 saturated heterocycles. The number of fused-ring (bicyclic) bond motifs is 2. The fourth-order valence-corrected chi connectivity index (χ4v) is 4.78. The van der Waals surface area contributed by atoms with Crippen molar-refractivity contribution in [2.24, 2.45) is 0 Å². The molecule has 6 rings (SSSR count). The maximum atomic E-state index is 12.8. The largest absolute Gasteiger partial charge is 0.491 e. The van der Waals surface area contributed by atoms with Crippen LogP contribution in [-0.2, 0) is 13.0 Å². The number of amides is 1. The lowest BCUT2D eigenvalue weighted by atomic mass is 9.98. The second kappa shape index (κ2) is 8.19. The molecule has 2 aliphatic rings. The van der Waals surface area contributed by atoms with Gasteiger partial charge in [0.05, 0.1) is 18.8 Å². The van der Waals surface area contributed by atoms with Gasteiger partial charge in [0.1, 0.15) is 24.5 Å². The predicted octanol–water partition coefficient (Wildman–Crippen LogP) is 2.36. The summed E-state index contributed by atoms with van der Waals surface area (Å²) in [5.41, 5.74) is 2.28. The van der Waals surface area contributed by atoms with Crippen LogP contribution in [0.15, 0.2) is 53.6 Å². The Bertz CT molecular complexity index is 1290. The zero-order valence-corrected chi connectivity index (χ0v) is 18.0. The Balaban J connectivity index is 1.20. The Morgan fingerprint density at radius 1 is 1.15 bits per heavy atom. The van der Waals surface area contributed by atoms with Crippen molar-refractivity contribution < 1.29 is 14.1 Å². The van der Waals surface area contributed by atoms with E-state index in [2.05, 4.69) is 31.2 Å². The molecule has 4 aromatic rings. The highest BCUT2D eigenvalue weighted by Gasteiger charge is 2.29. The molecule has 3 aromatic heterocycles. The molecule has 0 saturated carbocycles. The van der Waals surface area contributed by atoms with E-state index >= 15 is 0 Å². The zero-order valence-electron chi connectivity index (χ0n) is 18.0. The minimum Gasteiger partial charge on any atom is -0.491 e. The summed E-state index contributed by atoms with van der Waals surface area (Å²) in [6.45, 7) is 2.61. The van der Waals surface area contributed by atoms with Crippen molar-refractivity contribution in [1.29, 1.82) is 0 Å². The first-order chi connectivity index (χ1) is 16.3. The minimum atomic E-state index is -0.149. The van der Waals surface area contributed by atoms with E-state index in [4.69, 9.17) is 9.26 Å². The van der Waals surface area contributed by atoms with Gasteiger partial charge >= 0.3 is 0 Å². The van der Waals surface area contributed by atoms with E-state index in [0.717, 1.165) is 42.9 Å². The number of carbonyl (C=O) groups is 1. The molecule has 168 valence electrons. The zero-order chi connectivity index (χ0) is 22.2. The van der Waals surface area contributed by atoms with E-state index in [9.17, 15) is 4.79 Å². The minimum absolute atomic E-state index is 0.149. The second-order valence-corrected chi connectivity index (χ2v) is 8.32. The average Bonchev–Trinajstić information content (AvgIpc) is 3.63. The van der Waals surface area contributed by atoms with Gasteiger partial charge < -0.3 is 19.1 Å². The van der Waals surface area contributed by atoms with Crippen LogP contribution in [0.2, 0.25) is 0 Å². The van der Waals surface area contributed by atoms with Gasteiger partial charge in [-0.25, -0.2) is 4.98 Å². The van der Waals surface area contributed by atoms with Crippen LogP contribution in [0.4, 0.5) is 5.82 Å². The summed E-state index contributed by atoms with van der Waals surface area (Å²) in [5, 5.41) is 7.99. The van der Waals surface area contributed by atoms with Gasteiger partial charge in [0.2, 0.25) is 5.76 Å². The van der Waals surface area contributed by atoms with E-state index < -0.39 is 0 Å². The quantitative estimate of drug-likeness (QED) is 0.461. The second-order valence-electron chi connectivity index (χ2n) is 8.32. The number of carbonyl (C=O) groups excluding carboxylic acids is 1. The number of anilines is 1. The summed E-state index contributed by atoms with van der Waals surface area (Å²) in [6, 6.07) is 9.90. The summed E-state index contributed by atoms with van der Waals surface area (Å²) < 4.78 is 13.2. The fourth-order valence-electron chi connectivity index (χ4n) is 4.78. The molecule has 1 atom stereocenters. The van der Waals surface area contributed by atoms with Crippen LogP contribution in [0.25, 0.3) is 5.78 Å². The molecular formula is C23H23N7O3. The van der Waals surface area contributed by atoms with Gasteiger partial charge in [0, 0.05) is 30.9 Å². The Morgan fingerprint density at radius 2 is 2.12 bits per heavy atom. The van der Waals surface area contributed by atoms with Crippen molar-refractivity contribution >= 4 is 17.5 Å². The van der Waals surface area contributed by atoms with Crippen LogP contribution in [0.3, 0.4) is 0 Å². The van der Waals surface area contributed by atoms with Crippen molar-refractivity contribution in [3.05, 3.63) is 65.9 Å². The number of rotatable bonds is 5. The third-order valence-electron chi connectivity index (χ3n) is 6.43. The van der Waals surface area contributed by atoms with E-state index in [1.165, 1.54) is 18.1 Å². The molecule has 1 fully saturated rings. The van der Waals surface area contributed by atoms with Crippen LogP contribution in [0, 0.1) is 0 Å². The van der Waals surface area contributed by atoms with Gasteiger partial charge in [-0.1, -0.05) is 17.3 Å². The first kappa shape index (κ1) is 19.7. The standard InChI is InChI=1S/C23H23N7O3/c31-22(20-6-10-27-33-20)28-12-8-16-3-1-5-19(18(16)13-28)32-14-17-4-2-11-29(17)21-7-9-24-23-25-15-26-30(21)23/h1,3,5-7,9-10,15,17H,2,4,8,11-14H2/t17-/m1/s1. The van der Waals surface area contributed by atoms with Crippen LogP contribution in [-0.4, -0.2) is 61.3 Å². The highest BCUT2D eigenvalue weighted by atomic mass is 16.5. The van der Waals surface area contributed by atoms with Crippen LogP contribution in [0.1, 0.15) is 34.5 Å². The number of hydrogen-bond acceptors (Lipinski definition) is 8. The van der Waals surface area contributed by atoms with Crippen LogP contribution in [0.5, 0.6) is 5.75 Å². The molecule has 0 spiro atoms. The lowest BCUT2D eigenvalue weighted by Crippen LogP contribution is -2.37. The molecular weight excluding hydrogens is 422 g/mol. The third-order valence-corrected chi connectivity index (χ3v) is 6.43.